The number of halogens is 1. The van der Waals surface area contributed by atoms with Crippen LogP contribution in [0.25, 0.3) is 0 Å². The second-order valence-corrected chi connectivity index (χ2v) is 4.57. The number of hydrogen-bond donors (Lipinski definition) is 3. The SMILES string of the molecule is CCNC(=O)c1ccc(NC(=O)[C@@H]2CCCN2)cc1.Cl. The number of nitrogens with one attached hydrogen (secondary N) is 3. The van der Waals surface area contributed by atoms with E-state index in [9.17, 15) is 9.59 Å². The normalized spacial score (nSPS) is 17.1. The fourth-order valence-corrected chi connectivity index (χ4v) is 2.11. The molecule has 2 amide bonds. The molecule has 0 bridgehead atoms. The van der Waals surface area contributed by atoms with Gasteiger partial charge < -0.3 is 16.0 Å². The highest BCUT2D eigenvalue weighted by Crippen LogP contribution is 2.12. The largest absolute Gasteiger partial charge is 0.352 e. The first-order valence-corrected chi connectivity index (χ1v) is 6.63. The van der Waals surface area contributed by atoms with Gasteiger partial charge in [0.15, 0.2) is 0 Å². The minimum Gasteiger partial charge on any atom is -0.352 e. The Morgan fingerprint density at radius 2 is 2.00 bits per heavy atom. The molecule has 0 radical (unpaired) electrons. The Labute approximate surface area is 124 Å². The van der Waals surface area contributed by atoms with Gasteiger partial charge in [-0.3, -0.25) is 9.59 Å². The van der Waals surface area contributed by atoms with E-state index in [0.717, 1.165) is 19.4 Å². The molecule has 0 spiro atoms. The van der Waals surface area contributed by atoms with Crippen molar-refractivity contribution in [2.45, 2.75) is 25.8 Å². The van der Waals surface area contributed by atoms with Gasteiger partial charge in [-0.15, -0.1) is 12.4 Å². The van der Waals surface area contributed by atoms with E-state index in [-0.39, 0.29) is 30.3 Å². The van der Waals surface area contributed by atoms with Gasteiger partial charge in [0.2, 0.25) is 5.91 Å². The van der Waals surface area contributed by atoms with E-state index >= 15 is 0 Å². The van der Waals surface area contributed by atoms with E-state index < -0.39 is 0 Å². The van der Waals surface area contributed by atoms with Gasteiger partial charge in [0.1, 0.15) is 0 Å². The van der Waals surface area contributed by atoms with Crippen molar-refractivity contribution in [1.82, 2.24) is 10.6 Å². The summed E-state index contributed by atoms with van der Waals surface area (Å²) in [6.07, 6.45) is 1.91. The number of carbonyl (C=O) groups is 2. The monoisotopic (exact) mass is 297 g/mol. The smallest absolute Gasteiger partial charge is 0.251 e. The molecule has 2 rings (SSSR count). The van der Waals surface area contributed by atoms with Crippen LogP contribution in [0.5, 0.6) is 0 Å². The van der Waals surface area contributed by atoms with Crippen molar-refractivity contribution in [3.63, 3.8) is 0 Å². The van der Waals surface area contributed by atoms with Crippen LogP contribution in [0, 0.1) is 0 Å². The van der Waals surface area contributed by atoms with Gasteiger partial charge in [-0.1, -0.05) is 0 Å². The quantitative estimate of drug-likeness (QED) is 0.790. The Morgan fingerprint density at radius 3 is 2.55 bits per heavy atom. The molecule has 0 unspecified atom stereocenters. The predicted octanol–water partition coefficient (Wildman–Crippen LogP) is 1.55. The van der Waals surface area contributed by atoms with E-state index in [0.29, 0.717) is 17.8 Å². The van der Waals surface area contributed by atoms with Crippen molar-refractivity contribution in [2.24, 2.45) is 0 Å². The molecule has 1 fully saturated rings. The van der Waals surface area contributed by atoms with Crippen molar-refractivity contribution in [3.8, 4) is 0 Å². The van der Waals surface area contributed by atoms with Gasteiger partial charge in [0.25, 0.3) is 5.91 Å². The van der Waals surface area contributed by atoms with Gasteiger partial charge in [-0.25, -0.2) is 0 Å². The number of anilines is 1. The maximum atomic E-state index is 11.9. The molecule has 0 aromatic heterocycles. The minimum atomic E-state index is -0.0992. The molecule has 1 saturated heterocycles. The van der Waals surface area contributed by atoms with Crippen LogP contribution in [0.2, 0.25) is 0 Å². The average Bonchev–Trinajstić information content (AvgIpc) is 2.94. The van der Waals surface area contributed by atoms with E-state index in [1.165, 1.54) is 0 Å². The van der Waals surface area contributed by atoms with Gasteiger partial charge in [-0.2, -0.15) is 0 Å². The van der Waals surface area contributed by atoms with E-state index in [2.05, 4.69) is 16.0 Å². The van der Waals surface area contributed by atoms with Crippen molar-refractivity contribution >= 4 is 29.9 Å². The van der Waals surface area contributed by atoms with Crippen molar-refractivity contribution < 1.29 is 9.59 Å². The maximum absolute atomic E-state index is 11.9. The zero-order valence-electron chi connectivity index (χ0n) is 11.4. The zero-order chi connectivity index (χ0) is 13.7. The number of carbonyl (C=O) groups excluding carboxylic acids is 2. The molecule has 1 aromatic rings. The molecule has 1 aliphatic heterocycles. The Hall–Kier alpha value is -1.59. The molecular weight excluding hydrogens is 278 g/mol. The highest BCUT2D eigenvalue weighted by atomic mass is 35.5. The summed E-state index contributed by atoms with van der Waals surface area (Å²) in [6.45, 7) is 3.37. The third kappa shape index (κ3) is 4.21. The summed E-state index contributed by atoms with van der Waals surface area (Å²) < 4.78 is 0. The number of rotatable bonds is 4. The molecule has 20 heavy (non-hydrogen) atoms. The predicted molar refractivity (Wildman–Crippen MR) is 81.4 cm³/mol. The van der Waals surface area contributed by atoms with Crippen molar-refractivity contribution in [1.29, 1.82) is 0 Å². The standard InChI is InChI=1S/C14H19N3O2.ClH/c1-2-15-13(18)10-5-7-11(8-6-10)17-14(19)12-4-3-9-16-12;/h5-8,12,16H,2-4,9H2,1H3,(H,15,18)(H,17,19);1H/t12-;/m0./s1. The second kappa shape index (κ2) is 7.87. The van der Waals surface area contributed by atoms with Crippen LogP contribution in [0.1, 0.15) is 30.1 Å². The molecule has 1 heterocycles. The molecule has 0 aliphatic carbocycles. The number of benzene rings is 1. The summed E-state index contributed by atoms with van der Waals surface area (Å²) in [4.78, 5) is 23.5. The number of amides is 2. The summed E-state index contributed by atoms with van der Waals surface area (Å²) >= 11 is 0. The van der Waals surface area contributed by atoms with Crippen LogP contribution in [-0.2, 0) is 4.79 Å². The Bertz CT molecular complexity index is 456. The Kier molecular flexibility index (Phi) is 6.48. The fourth-order valence-electron chi connectivity index (χ4n) is 2.11. The maximum Gasteiger partial charge on any atom is 0.251 e. The van der Waals surface area contributed by atoms with Gasteiger partial charge >= 0.3 is 0 Å². The highest BCUT2D eigenvalue weighted by Gasteiger charge is 2.21. The van der Waals surface area contributed by atoms with Gasteiger partial charge in [0, 0.05) is 17.8 Å². The summed E-state index contributed by atoms with van der Waals surface area (Å²) in [5.74, 6) is -0.110. The second-order valence-electron chi connectivity index (χ2n) is 4.57. The lowest BCUT2D eigenvalue weighted by molar-refractivity contribution is -0.117. The summed E-state index contributed by atoms with van der Waals surface area (Å²) in [7, 11) is 0. The lowest BCUT2D eigenvalue weighted by Crippen LogP contribution is -2.35. The lowest BCUT2D eigenvalue weighted by atomic mass is 10.1. The molecule has 0 saturated carbocycles. The van der Waals surface area contributed by atoms with E-state index in [1.807, 2.05) is 6.92 Å². The molecule has 6 heteroatoms. The third-order valence-electron chi connectivity index (χ3n) is 3.13. The first-order valence-electron chi connectivity index (χ1n) is 6.63. The fraction of sp³-hybridized carbons (Fsp3) is 0.429. The first-order chi connectivity index (χ1) is 9.20. The molecule has 110 valence electrons. The van der Waals surface area contributed by atoms with Gasteiger partial charge in [0.05, 0.1) is 6.04 Å². The molecular formula is C14H20ClN3O2. The van der Waals surface area contributed by atoms with Crippen LogP contribution in [0.15, 0.2) is 24.3 Å². The Balaban J connectivity index is 0.00000200. The summed E-state index contributed by atoms with van der Waals surface area (Å²) in [6, 6.07) is 6.82. The zero-order valence-corrected chi connectivity index (χ0v) is 12.3. The van der Waals surface area contributed by atoms with Crippen LogP contribution in [-0.4, -0.2) is 30.9 Å². The molecule has 5 nitrogen and oxygen atoms in total. The van der Waals surface area contributed by atoms with Crippen molar-refractivity contribution in [2.75, 3.05) is 18.4 Å². The van der Waals surface area contributed by atoms with E-state index in [4.69, 9.17) is 0 Å². The highest BCUT2D eigenvalue weighted by molar-refractivity contribution is 5.97. The van der Waals surface area contributed by atoms with Crippen LogP contribution in [0.4, 0.5) is 5.69 Å². The van der Waals surface area contributed by atoms with Gasteiger partial charge in [-0.05, 0) is 50.6 Å². The third-order valence-corrected chi connectivity index (χ3v) is 3.13. The Morgan fingerprint density at radius 1 is 1.30 bits per heavy atom. The lowest BCUT2D eigenvalue weighted by Gasteiger charge is -2.11. The topological polar surface area (TPSA) is 70.2 Å². The molecule has 1 aliphatic rings. The minimum absolute atomic E-state index is 0. The number of hydrogen-bond acceptors (Lipinski definition) is 3. The van der Waals surface area contributed by atoms with E-state index in [1.54, 1.807) is 24.3 Å². The molecule has 3 N–H and O–H groups in total. The molecule has 1 atom stereocenters. The van der Waals surface area contributed by atoms with Crippen molar-refractivity contribution in [3.05, 3.63) is 29.8 Å². The first kappa shape index (κ1) is 16.5. The van der Waals surface area contributed by atoms with Crippen LogP contribution >= 0.6 is 12.4 Å². The summed E-state index contributed by atoms with van der Waals surface area (Å²) in [5, 5.41) is 8.73. The average molecular weight is 298 g/mol. The van der Waals surface area contributed by atoms with Crippen LogP contribution < -0.4 is 16.0 Å². The summed E-state index contributed by atoms with van der Waals surface area (Å²) in [5.41, 5.74) is 1.31. The molecule has 1 aromatic carbocycles. The van der Waals surface area contributed by atoms with Crippen LogP contribution in [0.3, 0.4) is 0 Å².